The van der Waals surface area contributed by atoms with Gasteiger partial charge >= 0.3 is 5.97 Å². The summed E-state index contributed by atoms with van der Waals surface area (Å²) in [6.45, 7) is 0.441. The second-order valence-electron chi connectivity index (χ2n) is 2.38. The van der Waals surface area contributed by atoms with Crippen LogP contribution in [0.3, 0.4) is 0 Å². The van der Waals surface area contributed by atoms with E-state index in [1.807, 2.05) is 35.2 Å². The lowest BCUT2D eigenvalue weighted by atomic mass is 10.4. The molecule has 0 aliphatic rings. The number of hydrogen-bond acceptors (Lipinski definition) is 1. The minimum atomic E-state index is -0.841. The molecule has 1 aromatic rings. The Morgan fingerprint density at radius 1 is 1.42 bits per heavy atom. The van der Waals surface area contributed by atoms with Gasteiger partial charge in [0.05, 0.1) is 0 Å². The van der Waals surface area contributed by atoms with E-state index in [9.17, 15) is 4.79 Å². The van der Waals surface area contributed by atoms with Crippen LogP contribution in [0.2, 0.25) is 0 Å². The largest absolute Gasteiger partial charge is 0.480 e. The molecule has 1 N–H and O–H groups in total. The molecule has 4 heteroatoms. The van der Waals surface area contributed by atoms with Crippen LogP contribution in [0.4, 0.5) is 0 Å². The highest BCUT2D eigenvalue weighted by atomic mass is 79.9. The molecule has 1 aromatic heterocycles. The van der Waals surface area contributed by atoms with Crippen LogP contribution in [0.5, 0.6) is 0 Å². The van der Waals surface area contributed by atoms with Gasteiger partial charge in [-0.3, -0.25) is 4.79 Å². The van der Waals surface area contributed by atoms with Crippen molar-refractivity contribution in [1.82, 2.24) is 0 Å². The second kappa shape index (κ2) is 4.21. The van der Waals surface area contributed by atoms with Gasteiger partial charge in [0.25, 0.3) is 0 Å². The minimum absolute atomic E-state index is 0.441. The van der Waals surface area contributed by atoms with Crippen LogP contribution >= 0.6 is 15.9 Å². The van der Waals surface area contributed by atoms with Crippen molar-refractivity contribution in [3.8, 4) is 0 Å². The monoisotopic (exact) mass is 230 g/mol. The van der Waals surface area contributed by atoms with E-state index in [1.54, 1.807) is 0 Å². The quantitative estimate of drug-likeness (QED) is 0.618. The maximum atomic E-state index is 10.4. The second-order valence-corrected chi connectivity index (χ2v) is 3.48. The van der Waals surface area contributed by atoms with E-state index < -0.39 is 10.8 Å². The van der Waals surface area contributed by atoms with E-state index in [-0.39, 0.29) is 0 Å². The number of halogens is 1. The van der Waals surface area contributed by atoms with Gasteiger partial charge < -0.3 is 5.11 Å². The predicted octanol–water partition coefficient (Wildman–Crippen LogP) is 0.822. The first-order chi connectivity index (χ1) is 5.70. The van der Waals surface area contributed by atoms with Crippen molar-refractivity contribution in [2.45, 2.75) is 11.4 Å². The molecule has 0 aromatic carbocycles. The smallest absolute Gasteiger partial charge is 0.323 e. The lowest BCUT2D eigenvalue weighted by Crippen LogP contribution is -2.39. The van der Waals surface area contributed by atoms with Gasteiger partial charge in [-0.2, -0.15) is 0 Å². The van der Waals surface area contributed by atoms with E-state index in [0.29, 0.717) is 6.54 Å². The Morgan fingerprint density at radius 2 is 2.00 bits per heavy atom. The number of carboxylic acid groups (broad SMARTS) is 1. The highest BCUT2D eigenvalue weighted by Crippen LogP contribution is 1.98. The molecule has 1 unspecified atom stereocenters. The van der Waals surface area contributed by atoms with Crippen molar-refractivity contribution < 1.29 is 14.5 Å². The minimum Gasteiger partial charge on any atom is -0.480 e. The van der Waals surface area contributed by atoms with Crippen molar-refractivity contribution in [1.29, 1.82) is 0 Å². The molecule has 0 spiro atoms. The molecule has 0 saturated carbocycles. The number of carboxylic acids is 1. The maximum absolute atomic E-state index is 10.4. The Labute approximate surface area is 78.8 Å². The molecule has 0 amide bonds. The topological polar surface area (TPSA) is 41.2 Å². The van der Waals surface area contributed by atoms with E-state index in [4.69, 9.17) is 5.11 Å². The van der Waals surface area contributed by atoms with Gasteiger partial charge in [0.1, 0.15) is 0 Å². The first-order valence-electron chi connectivity index (χ1n) is 3.51. The molecule has 0 fully saturated rings. The van der Waals surface area contributed by atoms with Gasteiger partial charge in [0, 0.05) is 12.1 Å². The molecule has 0 radical (unpaired) electrons. The first-order valence-corrected chi connectivity index (χ1v) is 4.42. The van der Waals surface area contributed by atoms with Crippen LogP contribution in [0.15, 0.2) is 30.6 Å². The molecule has 0 aliphatic heterocycles. The molecule has 1 rings (SSSR count). The summed E-state index contributed by atoms with van der Waals surface area (Å²) in [5.74, 6) is -0.841. The number of nitrogens with zero attached hydrogens (tertiary/aromatic N) is 1. The summed E-state index contributed by atoms with van der Waals surface area (Å²) in [4.78, 5) is 9.92. The standard InChI is InChI=1S/C8H8BrNO2/c9-7(8(11)12)6-10-4-2-1-3-5-10/h1-5,7H,6H2/p+1. The van der Waals surface area contributed by atoms with Gasteiger partial charge in [-0.15, -0.1) is 0 Å². The molecule has 1 atom stereocenters. The number of aromatic nitrogens is 1. The maximum Gasteiger partial charge on any atom is 0.323 e. The molecular weight excluding hydrogens is 222 g/mol. The van der Waals surface area contributed by atoms with Crippen molar-refractivity contribution in [3.63, 3.8) is 0 Å². The van der Waals surface area contributed by atoms with Gasteiger partial charge in [-0.05, 0) is 0 Å². The molecule has 64 valence electrons. The van der Waals surface area contributed by atoms with Crippen LogP contribution < -0.4 is 4.57 Å². The Morgan fingerprint density at radius 3 is 2.50 bits per heavy atom. The van der Waals surface area contributed by atoms with Crippen molar-refractivity contribution >= 4 is 21.9 Å². The Hall–Kier alpha value is -0.900. The average Bonchev–Trinajstić information content (AvgIpc) is 2.06. The Bertz CT molecular complexity index is 263. The lowest BCUT2D eigenvalue weighted by molar-refractivity contribution is -0.694. The molecule has 0 aliphatic carbocycles. The molecule has 3 nitrogen and oxygen atoms in total. The zero-order chi connectivity index (χ0) is 8.97. The van der Waals surface area contributed by atoms with Gasteiger partial charge in [0.2, 0.25) is 0 Å². The highest BCUT2D eigenvalue weighted by Gasteiger charge is 2.17. The number of aliphatic carboxylic acids is 1. The van der Waals surface area contributed by atoms with Crippen LogP contribution in [0.1, 0.15) is 0 Å². The molecule has 1 heterocycles. The number of alkyl halides is 1. The molecule has 0 bridgehead atoms. The summed E-state index contributed by atoms with van der Waals surface area (Å²) < 4.78 is 1.81. The summed E-state index contributed by atoms with van der Waals surface area (Å²) in [6, 6.07) is 5.61. The van der Waals surface area contributed by atoms with E-state index in [2.05, 4.69) is 15.9 Å². The Balaban J connectivity index is 2.58. The zero-order valence-electron chi connectivity index (χ0n) is 6.35. The summed E-state index contributed by atoms with van der Waals surface area (Å²) >= 11 is 3.06. The average molecular weight is 231 g/mol. The molecule has 0 saturated heterocycles. The number of carbonyl (C=O) groups is 1. The van der Waals surface area contributed by atoms with E-state index >= 15 is 0 Å². The lowest BCUT2D eigenvalue weighted by Gasteiger charge is -1.98. The normalized spacial score (nSPS) is 12.4. The number of hydrogen-bond donors (Lipinski definition) is 1. The predicted molar refractivity (Wildman–Crippen MR) is 47.0 cm³/mol. The van der Waals surface area contributed by atoms with Gasteiger partial charge in [0.15, 0.2) is 23.8 Å². The third kappa shape index (κ3) is 2.62. The fourth-order valence-corrected chi connectivity index (χ4v) is 1.15. The highest BCUT2D eigenvalue weighted by molar-refractivity contribution is 9.10. The summed E-state index contributed by atoms with van der Waals surface area (Å²) in [7, 11) is 0. The molecule has 12 heavy (non-hydrogen) atoms. The van der Waals surface area contributed by atoms with Crippen LogP contribution in [-0.4, -0.2) is 15.9 Å². The third-order valence-electron chi connectivity index (χ3n) is 1.42. The van der Waals surface area contributed by atoms with E-state index in [1.165, 1.54) is 0 Å². The fraction of sp³-hybridized carbons (Fsp3) is 0.250. The Kier molecular flexibility index (Phi) is 3.22. The first kappa shape index (κ1) is 9.19. The van der Waals surface area contributed by atoms with Crippen LogP contribution in [-0.2, 0) is 11.3 Å². The number of rotatable bonds is 3. The van der Waals surface area contributed by atoms with Gasteiger partial charge in [-0.1, -0.05) is 22.0 Å². The zero-order valence-corrected chi connectivity index (χ0v) is 7.94. The van der Waals surface area contributed by atoms with Crippen LogP contribution in [0, 0.1) is 0 Å². The SMILES string of the molecule is O=C(O)C(Br)C[n+]1ccccc1. The summed E-state index contributed by atoms with van der Waals surface area (Å²) in [5, 5.41) is 8.58. The van der Waals surface area contributed by atoms with Crippen molar-refractivity contribution in [2.75, 3.05) is 0 Å². The van der Waals surface area contributed by atoms with Crippen molar-refractivity contribution in [2.24, 2.45) is 0 Å². The fourth-order valence-electron chi connectivity index (χ4n) is 0.819. The summed E-state index contributed by atoms with van der Waals surface area (Å²) in [5.41, 5.74) is 0. The van der Waals surface area contributed by atoms with Crippen molar-refractivity contribution in [3.05, 3.63) is 30.6 Å². The van der Waals surface area contributed by atoms with Gasteiger partial charge in [-0.25, -0.2) is 4.57 Å². The number of pyridine rings is 1. The summed E-state index contributed by atoms with van der Waals surface area (Å²) in [6.07, 6.45) is 3.66. The molecular formula is C8H9BrNO2+. The van der Waals surface area contributed by atoms with E-state index in [0.717, 1.165) is 0 Å². The third-order valence-corrected chi connectivity index (χ3v) is 2.10. The van der Waals surface area contributed by atoms with Crippen LogP contribution in [0.25, 0.3) is 0 Å².